The summed E-state index contributed by atoms with van der Waals surface area (Å²) in [5.41, 5.74) is 2.67. The van der Waals surface area contributed by atoms with Crippen LogP contribution in [0, 0.1) is 11.6 Å². The Morgan fingerprint density at radius 2 is 1.53 bits per heavy atom. The molecule has 0 saturated carbocycles. The summed E-state index contributed by atoms with van der Waals surface area (Å²) in [6.45, 7) is 4.33. The van der Waals surface area contributed by atoms with Gasteiger partial charge in [0.2, 0.25) is 0 Å². The van der Waals surface area contributed by atoms with Crippen molar-refractivity contribution in [1.29, 1.82) is 0 Å². The molecule has 0 bridgehead atoms. The number of anilines is 1. The molecule has 2 aromatic carbocycles. The Bertz CT molecular complexity index is 1040. The highest BCUT2D eigenvalue weighted by Crippen LogP contribution is 2.30. The molecule has 0 unspecified atom stereocenters. The fourth-order valence-corrected chi connectivity index (χ4v) is 4.58. The molecule has 0 aliphatic carbocycles. The van der Waals surface area contributed by atoms with Gasteiger partial charge >= 0.3 is 0 Å². The molecular formula is C27H30F2N4O. The van der Waals surface area contributed by atoms with Crippen molar-refractivity contribution >= 4 is 11.7 Å². The molecule has 1 saturated heterocycles. The molecule has 0 radical (unpaired) electrons. The van der Waals surface area contributed by atoms with Gasteiger partial charge in [-0.05, 0) is 66.9 Å². The maximum absolute atomic E-state index is 13.5. The average Bonchev–Trinajstić information content (AvgIpc) is 2.88. The second kappa shape index (κ2) is 11.2. The fourth-order valence-electron chi connectivity index (χ4n) is 4.58. The molecule has 1 fully saturated rings. The molecule has 5 nitrogen and oxygen atoms in total. The smallest absolute Gasteiger partial charge is 0.254 e. The zero-order valence-corrected chi connectivity index (χ0v) is 19.4. The largest absolute Gasteiger partial charge is 0.355 e. The van der Waals surface area contributed by atoms with Crippen LogP contribution in [0.1, 0.15) is 40.2 Å². The molecule has 1 amide bonds. The number of benzene rings is 2. The molecule has 4 rings (SSSR count). The average molecular weight is 465 g/mol. The first-order valence-corrected chi connectivity index (χ1v) is 11.7. The van der Waals surface area contributed by atoms with Crippen LogP contribution in [0.3, 0.4) is 0 Å². The summed E-state index contributed by atoms with van der Waals surface area (Å²) in [4.78, 5) is 21.2. The Labute approximate surface area is 199 Å². The molecule has 34 heavy (non-hydrogen) atoms. The van der Waals surface area contributed by atoms with Gasteiger partial charge in [-0.2, -0.15) is 0 Å². The van der Waals surface area contributed by atoms with Gasteiger partial charge in [0, 0.05) is 45.3 Å². The molecule has 178 valence electrons. The maximum atomic E-state index is 13.5. The van der Waals surface area contributed by atoms with E-state index in [0.717, 1.165) is 62.5 Å². The zero-order chi connectivity index (χ0) is 23.9. The molecule has 7 heteroatoms. The van der Waals surface area contributed by atoms with E-state index in [1.54, 1.807) is 25.4 Å². The van der Waals surface area contributed by atoms with Gasteiger partial charge in [0.05, 0.1) is 5.56 Å². The van der Waals surface area contributed by atoms with E-state index in [-0.39, 0.29) is 23.5 Å². The monoisotopic (exact) mass is 464 g/mol. The molecule has 1 aliphatic heterocycles. The van der Waals surface area contributed by atoms with Crippen LogP contribution < -0.4 is 10.2 Å². The second-order valence-corrected chi connectivity index (χ2v) is 8.58. The lowest BCUT2D eigenvalue weighted by Crippen LogP contribution is -2.47. The van der Waals surface area contributed by atoms with E-state index in [0.29, 0.717) is 5.56 Å². The summed E-state index contributed by atoms with van der Waals surface area (Å²) in [5.74, 6) is 0.178. The number of piperazine rings is 1. The molecule has 1 aromatic heterocycles. The van der Waals surface area contributed by atoms with Gasteiger partial charge in [0.15, 0.2) is 0 Å². The van der Waals surface area contributed by atoms with E-state index in [1.807, 2.05) is 24.3 Å². The zero-order valence-electron chi connectivity index (χ0n) is 19.4. The third-order valence-electron chi connectivity index (χ3n) is 6.44. The normalized spacial score (nSPS) is 14.4. The Balaban J connectivity index is 1.35. The Morgan fingerprint density at radius 3 is 2.09 bits per heavy atom. The van der Waals surface area contributed by atoms with E-state index >= 15 is 0 Å². The Morgan fingerprint density at radius 1 is 0.941 bits per heavy atom. The van der Waals surface area contributed by atoms with Crippen molar-refractivity contribution in [2.75, 3.05) is 44.7 Å². The first-order valence-electron chi connectivity index (χ1n) is 11.7. The summed E-state index contributed by atoms with van der Waals surface area (Å²) in [7, 11) is 1.63. The van der Waals surface area contributed by atoms with Crippen LogP contribution in [0.2, 0.25) is 0 Å². The number of rotatable bonds is 8. The van der Waals surface area contributed by atoms with E-state index in [9.17, 15) is 13.6 Å². The lowest BCUT2D eigenvalue weighted by atomic mass is 9.87. The van der Waals surface area contributed by atoms with E-state index in [1.165, 1.54) is 24.3 Å². The van der Waals surface area contributed by atoms with Crippen molar-refractivity contribution in [2.45, 2.75) is 18.8 Å². The van der Waals surface area contributed by atoms with Crippen LogP contribution >= 0.6 is 0 Å². The number of pyridine rings is 1. The molecule has 2 heterocycles. The minimum Gasteiger partial charge on any atom is -0.355 e. The highest BCUT2D eigenvalue weighted by Gasteiger charge is 2.22. The topological polar surface area (TPSA) is 48.5 Å². The van der Waals surface area contributed by atoms with E-state index < -0.39 is 0 Å². The standard InChI is InChI=1S/C27H30F2N4O/c1-30-27(34)25-4-2-14-31-26(25)33-18-16-32(17-19-33)15-3-5-24(20-6-10-22(28)11-7-20)21-8-12-23(29)13-9-21/h2,4,6-14,24H,3,5,15-19H2,1H3,(H,30,34). The van der Waals surface area contributed by atoms with Crippen LogP contribution in [0.4, 0.5) is 14.6 Å². The third kappa shape index (κ3) is 5.78. The highest BCUT2D eigenvalue weighted by molar-refractivity contribution is 5.98. The third-order valence-corrected chi connectivity index (χ3v) is 6.44. The Kier molecular flexibility index (Phi) is 7.85. The van der Waals surface area contributed by atoms with Gasteiger partial charge in [0.1, 0.15) is 17.5 Å². The van der Waals surface area contributed by atoms with Crippen LogP contribution in [0.5, 0.6) is 0 Å². The lowest BCUT2D eigenvalue weighted by molar-refractivity contribution is 0.0963. The molecule has 3 aromatic rings. The van der Waals surface area contributed by atoms with E-state index in [2.05, 4.69) is 20.1 Å². The number of hydrogen-bond acceptors (Lipinski definition) is 4. The number of hydrogen-bond donors (Lipinski definition) is 1. The van der Waals surface area contributed by atoms with Crippen LogP contribution in [-0.2, 0) is 0 Å². The van der Waals surface area contributed by atoms with Crippen molar-refractivity contribution in [1.82, 2.24) is 15.2 Å². The number of carbonyl (C=O) groups is 1. The predicted molar refractivity (Wildman–Crippen MR) is 130 cm³/mol. The summed E-state index contributed by atoms with van der Waals surface area (Å²) in [5, 5.41) is 2.68. The highest BCUT2D eigenvalue weighted by atomic mass is 19.1. The first-order chi connectivity index (χ1) is 16.5. The van der Waals surface area contributed by atoms with Gasteiger partial charge in [-0.1, -0.05) is 24.3 Å². The van der Waals surface area contributed by atoms with Crippen LogP contribution in [0.25, 0.3) is 0 Å². The summed E-state index contributed by atoms with van der Waals surface area (Å²) in [6, 6.07) is 16.8. The second-order valence-electron chi connectivity index (χ2n) is 8.58. The first kappa shape index (κ1) is 23.8. The maximum Gasteiger partial charge on any atom is 0.254 e. The SMILES string of the molecule is CNC(=O)c1cccnc1N1CCN(CCCC(c2ccc(F)cc2)c2ccc(F)cc2)CC1. The number of nitrogens with zero attached hydrogens (tertiary/aromatic N) is 3. The number of aromatic nitrogens is 1. The van der Waals surface area contributed by atoms with Crippen molar-refractivity contribution in [2.24, 2.45) is 0 Å². The van der Waals surface area contributed by atoms with Crippen LogP contribution in [0.15, 0.2) is 66.9 Å². The van der Waals surface area contributed by atoms with Gasteiger partial charge in [-0.3, -0.25) is 9.69 Å². The molecule has 0 atom stereocenters. The molecular weight excluding hydrogens is 434 g/mol. The van der Waals surface area contributed by atoms with Gasteiger partial charge < -0.3 is 10.2 Å². The lowest BCUT2D eigenvalue weighted by Gasteiger charge is -2.36. The summed E-state index contributed by atoms with van der Waals surface area (Å²) >= 11 is 0. The predicted octanol–water partition coefficient (Wildman–Crippen LogP) is 4.45. The number of carbonyl (C=O) groups excluding carboxylic acids is 1. The number of halogens is 2. The summed E-state index contributed by atoms with van der Waals surface area (Å²) in [6.07, 6.45) is 3.57. The molecule has 1 aliphatic rings. The van der Waals surface area contributed by atoms with Crippen molar-refractivity contribution in [3.63, 3.8) is 0 Å². The number of amides is 1. The molecule has 1 N–H and O–H groups in total. The fraction of sp³-hybridized carbons (Fsp3) is 0.333. The molecule has 0 spiro atoms. The van der Waals surface area contributed by atoms with Crippen molar-refractivity contribution < 1.29 is 13.6 Å². The van der Waals surface area contributed by atoms with Crippen molar-refractivity contribution in [3.05, 3.63) is 95.2 Å². The minimum atomic E-state index is -0.257. The van der Waals surface area contributed by atoms with Gasteiger partial charge in [0.25, 0.3) is 5.91 Å². The minimum absolute atomic E-state index is 0.0890. The van der Waals surface area contributed by atoms with E-state index in [4.69, 9.17) is 0 Å². The van der Waals surface area contributed by atoms with Gasteiger partial charge in [-0.15, -0.1) is 0 Å². The van der Waals surface area contributed by atoms with Gasteiger partial charge in [-0.25, -0.2) is 13.8 Å². The van der Waals surface area contributed by atoms with Crippen molar-refractivity contribution in [3.8, 4) is 0 Å². The Hall–Kier alpha value is -3.32. The van der Waals surface area contributed by atoms with Crippen LogP contribution in [-0.4, -0.2) is 55.6 Å². The quantitative estimate of drug-likeness (QED) is 0.535. The number of nitrogens with one attached hydrogen (secondary N) is 1. The summed E-state index contributed by atoms with van der Waals surface area (Å²) < 4.78 is 26.9.